The number of hydrogen-bond donors (Lipinski definition) is 0. The van der Waals surface area contributed by atoms with E-state index in [9.17, 15) is 4.79 Å². The van der Waals surface area contributed by atoms with E-state index >= 15 is 0 Å². The van der Waals surface area contributed by atoms with E-state index in [-0.39, 0.29) is 11.8 Å². The van der Waals surface area contributed by atoms with Gasteiger partial charge in [0, 0.05) is 12.3 Å². The molecule has 4 aromatic carbocycles. The lowest BCUT2D eigenvalue weighted by atomic mass is 9.88. The Labute approximate surface area is 215 Å². The molecule has 36 heavy (non-hydrogen) atoms. The molecule has 0 radical (unpaired) electrons. The first-order chi connectivity index (χ1) is 17.6. The van der Waals surface area contributed by atoms with E-state index < -0.39 is 0 Å². The number of rotatable bonds is 8. The van der Waals surface area contributed by atoms with Crippen LogP contribution < -0.4 is 9.64 Å². The molecule has 0 aliphatic rings. The molecule has 180 valence electrons. The molecule has 5 heteroatoms. The smallest absolute Gasteiger partial charge is 0.230 e. The van der Waals surface area contributed by atoms with Gasteiger partial charge in [0.1, 0.15) is 11.3 Å². The summed E-state index contributed by atoms with van der Waals surface area (Å²) in [5.74, 6) is 0.702. The predicted molar refractivity (Wildman–Crippen MR) is 148 cm³/mol. The summed E-state index contributed by atoms with van der Waals surface area (Å²) in [6.45, 7) is 2.52. The largest absolute Gasteiger partial charge is 0.494 e. The fourth-order valence-electron chi connectivity index (χ4n) is 4.49. The molecule has 0 atom stereocenters. The number of fused-ring (bicyclic) bond motifs is 1. The van der Waals surface area contributed by atoms with E-state index in [4.69, 9.17) is 9.72 Å². The number of carbonyl (C=O) groups is 1. The molecule has 0 fully saturated rings. The molecule has 0 N–H and O–H groups in total. The van der Waals surface area contributed by atoms with Crippen molar-refractivity contribution >= 4 is 32.6 Å². The Morgan fingerprint density at radius 2 is 1.44 bits per heavy atom. The summed E-state index contributed by atoms with van der Waals surface area (Å²) >= 11 is 1.54. The van der Waals surface area contributed by atoms with Crippen LogP contribution in [0, 0.1) is 6.92 Å². The first kappa shape index (κ1) is 23.8. The number of anilines is 1. The van der Waals surface area contributed by atoms with Crippen LogP contribution in [0.4, 0.5) is 5.13 Å². The number of hydrogen-bond acceptors (Lipinski definition) is 4. The van der Waals surface area contributed by atoms with Crippen molar-refractivity contribution in [1.82, 2.24) is 4.98 Å². The third kappa shape index (κ3) is 5.02. The Balaban J connectivity index is 1.55. The summed E-state index contributed by atoms with van der Waals surface area (Å²) < 4.78 is 6.61. The van der Waals surface area contributed by atoms with Gasteiger partial charge < -0.3 is 4.74 Å². The predicted octanol–water partition coefficient (Wildman–Crippen LogP) is 7.37. The highest BCUT2D eigenvalue weighted by molar-refractivity contribution is 7.22. The summed E-state index contributed by atoms with van der Waals surface area (Å²) in [4.78, 5) is 20.8. The Morgan fingerprint density at radius 1 is 0.861 bits per heavy atom. The Bertz CT molecular complexity index is 1410. The Morgan fingerprint density at radius 3 is 2.03 bits per heavy atom. The minimum absolute atomic E-state index is 0.0345. The fourth-order valence-corrected chi connectivity index (χ4v) is 5.56. The van der Waals surface area contributed by atoms with Gasteiger partial charge in [-0.05, 0) is 35.2 Å². The lowest BCUT2D eigenvalue weighted by molar-refractivity contribution is -0.119. The van der Waals surface area contributed by atoms with Crippen molar-refractivity contribution in [1.29, 1.82) is 0 Å². The van der Waals surface area contributed by atoms with Gasteiger partial charge in [0.2, 0.25) is 5.91 Å². The van der Waals surface area contributed by atoms with Crippen LogP contribution in [0.3, 0.4) is 0 Å². The highest BCUT2D eigenvalue weighted by Crippen LogP contribution is 2.38. The highest BCUT2D eigenvalue weighted by atomic mass is 32.1. The monoisotopic (exact) mass is 492 g/mol. The minimum atomic E-state index is -0.0520. The molecule has 0 bridgehead atoms. The molecule has 1 aromatic heterocycles. The van der Waals surface area contributed by atoms with Crippen LogP contribution in [-0.2, 0) is 11.3 Å². The van der Waals surface area contributed by atoms with Gasteiger partial charge in [0.15, 0.2) is 5.13 Å². The molecule has 5 aromatic rings. The van der Waals surface area contributed by atoms with Crippen molar-refractivity contribution in [3.63, 3.8) is 0 Å². The molecule has 1 amide bonds. The molecular weight excluding hydrogens is 464 g/mol. The SMILES string of the molecule is COc1ccc(C)c2sc(N(Cc3ccccc3)C(=O)CC(c3ccccc3)c3ccccc3)nc12. The zero-order valence-electron chi connectivity index (χ0n) is 20.4. The third-order valence-corrected chi connectivity index (χ3v) is 7.62. The summed E-state index contributed by atoms with van der Waals surface area (Å²) in [7, 11) is 1.65. The average Bonchev–Trinajstić information content (AvgIpc) is 3.38. The number of methoxy groups -OCH3 is 1. The molecule has 5 rings (SSSR count). The molecule has 4 nitrogen and oxygen atoms in total. The van der Waals surface area contributed by atoms with Crippen molar-refractivity contribution in [3.8, 4) is 5.75 Å². The molecule has 0 unspecified atom stereocenters. The van der Waals surface area contributed by atoms with Crippen molar-refractivity contribution in [3.05, 3.63) is 125 Å². The fraction of sp³-hybridized carbons (Fsp3) is 0.161. The maximum atomic E-state index is 14.1. The minimum Gasteiger partial charge on any atom is -0.494 e. The van der Waals surface area contributed by atoms with Gasteiger partial charge >= 0.3 is 0 Å². The summed E-state index contributed by atoms with van der Waals surface area (Å²) in [5.41, 5.74) is 5.22. The van der Waals surface area contributed by atoms with E-state index in [1.807, 2.05) is 83.8 Å². The number of benzene rings is 4. The van der Waals surface area contributed by atoms with Crippen molar-refractivity contribution in [2.45, 2.75) is 25.8 Å². The van der Waals surface area contributed by atoms with Gasteiger partial charge in [-0.1, -0.05) is 108 Å². The molecule has 0 aliphatic heterocycles. The van der Waals surface area contributed by atoms with Crippen LogP contribution in [0.1, 0.15) is 34.6 Å². The van der Waals surface area contributed by atoms with Gasteiger partial charge in [0.05, 0.1) is 18.4 Å². The third-order valence-electron chi connectivity index (χ3n) is 6.41. The first-order valence-corrected chi connectivity index (χ1v) is 12.8. The zero-order valence-corrected chi connectivity index (χ0v) is 21.2. The van der Waals surface area contributed by atoms with Crippen molar-refractivity contribution in [2.24, 2.45) is 0 Å². The van der Waals surface area contributed by atoms with Crippen LogP contribution >= 0.6 is 11.3 Å². The highest BCUT2D eigenvalue weighted by Gasteiger charge is 2.26. The standard InChI is InChI=1S/C31H28N2O2S/c1-22-18-19-27(35-2)29-30(22)36-31(32-29)33(21-23-12-6-3-7-13-23)28(34)20-26(24-14-8-4-9-15-24)25-16-10-5-11-17-25/h3-19,26H,20-21H2,1-2H3. The van der Waals surface area contributed by atoms with E-state index in [2.05, 4.69) is 31.2 Å². The number of carbonyl (C=O) groups excluding carboxylic acids is 1. The topological polar surface area (TPSA) is 42.4 Å². The maximum Gasteiger partial charge on any atom is 0.230 e. The van der Waals surface area contributed by atoms with E-state index in [1.54, 1.807) is 18.4 Å². The average molecular weight is 493 g/mol. The maximum absolute atomic E-state index is 14.1. The van der Waals surface area contributed by atoms with Gasteiger partial charge in [0.25, 0.3) is 0 Å². The first-order valence-electron chi connectivity index (χ1n) is 12.0. The number of amides is 1. The Hall–Kier alpha value is -3.96. The second kappa shape index (κ2) is 10.8. The van der Waals surface area contributed by atoms with E-state index in [1.165, 1.54) is 0 Å². The van der Waals surface area contributed by atoms with E-state index in [0.29, 0.717) is 18.1 Å². The van der Waals surface area contributed by atoms with E-state index in [0.717, 1.165) is 38.2 Å². The number of aryl methyl sites for hydroxylation is 1. The lowest BCUT2D eigenvalue weighted by Crippen LogP contribution is -2.31. The van der Waals surface area contributed by atoms with Crippen LogP contribution in [0.25, 0.3) is 10.2 Å². The normalized spacial score (nSPS) is 11.1. The van der Waals surface area contributed by atoms with Gasteiger partial charge in [-0.3, -0.25) is 9.69 Å². The van der Waals surface area contributed by atoms with Crippen LogP contribution in [0.2, 0.25) is 0 Å². The summed E-state index contributed by atoms with van der Waals surface area (Å²) in [5, 5.41) is 0.686. The summed E-state index contributed by atoms with van der Waals surface area (Å²) in [6.07, 6.45) is 0.340. The molecule has 0 aliphatic carbocycles. The molecule has 0 saturated carbocycles. The van der Waals surface area contributed by atoms with Crippen LogP contribution in [0.15, 0.2) is 103 Å². The number of nitrogens with zero attached hydrogens (tertiary/aromatic N) is 2. The quantitative estimate of drug-likeness (QED) is 0.227. The molecule has 1 heterocycles. The summed E-state index contributed by atoms with van der Waals surface area (Å²) in [6, 6.07) is 34.6. The molecule has 0 saturated heterocycles. The Kier molecular flexibility index (Phi) is 7.10. The van der Waals surface area contributed by atoms with Gasteiger partial charge in [-0.15, -0.1) is 0 Å². The van der Waals surface area contributed by atoms with Crippen molar-refractivity contribution < 1.29 is 9.53 Å². The van der Waals surface area contributed by atoms with Crippen molar-refractivity contribution in [2.75, 3.05) is 12.0 Å². The second-order valence-electron chi connectivity index (χ2n) is 8.80. The zero-order chi connectivity index (χ0) is 24.9. The van der Waals surface area contributed by atoms with Crippen LogP contribution in [0.5, 0.6) is 5.75 Å². The van der Waals surface area contributed by atoms with Gasteiger partial charge in [-0.2, -0.15) is 0 Å². The lowest BCUT2D eigenvalue weighted by Gasteiger charge is -2.24. The second-order valence-corrected chi connectivity index (χ2v) is 9.78. The van der Waals surface area contributed by atoms with Gasteiger partial charge in [-0.25, -0.2) is 4.98 Å². The number of thiazole rings is 1. The molecular formula is C31H28N2O2S. The molecule has 0 spiro atoms. The van der Waals surface area contributed by atoms with Crippen LogP contribution in [-0.4, -0.2) is 18.0 Å². The number of ether oxygens (including phenoxy) is 1. The number of aromatic nitrogens is 1.